The van der Waals surface area contributed by atoms with E-state index < -0.39 is 15.8 Å². The number of carbonyl (C=O) groups is 1. The Balaban J connectivity index is 1.92. The fourth-order valence-corrected chi connectivity index (χ4v) is 5.53. The largest absolute Gasteiger partial charge is 0.359 e. The number of nitrogens with zero attached hydrogens (tertiary/aromatic N) is 1. The van der Waals surface area contributed by atoms with Crippen molar-refractivity contribution >= 4 is 15.9 Å². The maximum Gasteiger partial charge on any atom is 0.243 e. The maximum atomic E-state index is 13.0. The topological polar surface area (TPSA) is 66.5 Å². The third kappa shape index (κ3) is 2.76. The number of carbonyl (C=O) groups excluding carboxylic acids is 1. The summed E-state index contributed by atoms with van der Waals surface area (Å²) in [6, 6.07) is 4.84. The van der Waals surface area contributed by atoms with Crippen LogP contribution < -0.4 is 5.32 Å². The average molecular weight is 340 g/mol. The molecule has 23 heavy (non-hydrogen) atoms. The van der Waals surface area contributed by atoms with Crippen LogP contribution in [0.3, 0.4) is 0 Å². The molecule has 1 aliphatic carbocycles. The average Bonchev–Trinajstić information content (AvgIpc) is 3.15. The molecule has 1 aromatic rings. The normalized spacial score (nSPS) is 24.2. The first-order valence-electron chi connectivity index (χ1n) is 7.86. The Bertz CT molecular complexity index is 697. The van der Waals surface area contributed by atoms with Crippen molar-refractivity contribution in [1.82, 2.24) is 9.62 Å². The van der Waals surface area contributed by atoms with Gasteiger partial charge in [-0.2, -0.15) is 4.31 Å². The van der Waals surface area contributed by atoms with Crippen LogP contribution in [0.5, 0.6) is 0 Å². The molecule has 1 spiro atoms. The first-order chi connectivity index (χ1) is 10.9. The van der Waals surface area contributed by atoms with Gasteiger partial charge in [0.05, 0.1) is 10.8 Å². The van der Waals surface area contributed by atoms with E-state index in [1.807, 2.05) is 0 Å². The molecule has 1 saturated carbocycles. The molecule has 1 aromatic carbocycles. The summed E-state index contributed by atoms with van der Waals surface area (Å²) in [5.74, 6) is -0.880. The number of halogens is 1. The van der Waals surface area contributed by atoms with Gasteiger partial charge in [-0.3, -0.25) is 4.79 Å². The summed E-state index contributed by atoms with van der Waals surface area (Å²) in [4.78, 5) is 12.3. The summed E-state index contributed by atoms with van der Waals surface area (Å²) in [6.07, 6.45) is 3.80. The van der Waals surface area contributed by atoms with Crippen LogP contribution in [0.25, 0.3) is 0 Å². The minimum Gasteiger partial charge on any atom is -0.359 e. The van der Waals surface area contributed by atoms with Gasteiger partial charge in [0.15, 0.2) is 0 Å². The Kier molecular flexibility index (Phi) is 4.18. The predicted octanol–water partition coefficient (Wildman–Crippen LogP) is 1.75. The standard InChI is InChI=1S/C16H21FN2O3S/c1-18-15(20)14-10-19(11-16(14)8-2-3-9-16)23(21,22)13-6-4-12(17)5-7-13/h4-7,14H,2-3,8-11H2,1H3,(H,18,20). The molecule has 0 bridgehead atoms. The van der Waals surface area contributed by atoms with E-state index in [2.05, 4.69) is 5.32 Å². The second-order valence-electron chi connectivity index (χ2n) is 6.49. The highest BCUT2D eigenvalue weighted by atomic mass is 32.2. The van der Waals surface area contributed by atoms with Gasteiger partial charge < -0.3 is 5.32 Å². The molecular weight excluding hydrogens is 319 g/mol. The molecular formula is C16H21FN2O3S. The molecule has 1 unspecified atom stereocenters. The van der Waals surface area contributed by atoms with Crippen molar-refractivity contribution in [2.75, 3.05) is 20.1 Å². The fraction of sp³-hybridized carbons (Fsp3) is 0.562. The lowest BCUT2D eigenvalue weighted by Crippen LogP contribution is -2.38. The zero-order chi connectivity index (χ0) is 16.7. The first-order valence-corrected chi connectivity index (χ1v) is 9.30. The monoisotopic (exact) mass is 340 g/mol. The smallest absolute Gasteiger partial charge is 0.243 e. The molecule has 3 rings (SSSR count). The summed E-state index contributed by atoms with van der Waals surface area (Å²) < 4.78 is 40.1. The van der Waals surface area contributed by atoms with E-state index in [4.69, 9.17) is 0 Å². The highest BCUT2D eigenvalue weighted by Gasteiger charge is 2.53. The lowest BCUT2D eigenvalue weighted by atomic mass is 9.76. The summed E-state index contributed by atoms with van der Waals surface area (Å²) >= 11 is 0. The van der Waals surface area contributed by atoms with Gasteiger partial charge in [0.1, 0.15) is 5.82 Å². The zero-order valence-corrected chi connectivity index (χ0v) is 13.9. The van der Waals surface area contributed by atoms with Gasteiger partial charge in [-0.05, 0) is 42.5 Å². The Morgan fingerprint density at radius 3 is 2.43 bits per heavy atom. The molecule has 1 aliphatic heterocycles. The van der Waals surface area contributed by atoms with Crippen LogP contribution >= 0.6 is 0 Å². The van der Waals surface area contributed by atoms with Crippen molar-refractivity contribution in [3.63, 3.8) is 0 Å². The third-order valence-corrected chi connectivity index (χ3v) is 7.06. The van der Waals surface area contributed by atoms with E-state index in [1.54, 1.807) is 7.05 Å². The highest BCUT2D eigenvalue weighted by Crippen LogP contribution is 2.50. The van der Waals surface area contributed by atoms with Crippen LogP contribution in [0.2, 0.25) is 0 Å². The van der Waals surface area contributed by atoms with Gasteiger partial charge in [-0.25, -0.2) is 12.8 Å². The van der Waals surface area contributed by atoms with Crippen LogP contribution in [-0.4, -0.2) is 38.8 Å². The fourth-order valence-electron chi connectivity index (χ4n) is 3.98. The van der Waals surface area contributed by atoms with Crippen molar-refractivity contribution in [2.24, 2.45) is 11.3 Å². The minimum absolute atomic E-state index is 0.0737. The molecule has 1 amide bonds. The lowest BCUT2D eigenvalue weighted by Gasteiger charge is -2.28. The predicted molar refractivity (Wildman–Crippen MR) is 83.6 cm³/mol. The highest BCUT2D eigenvalue weighted by molar-refractivity contribution is 7.89. The van der Waals surface area contributed by atoms with Gasteiger partial charge in [-0.1, -0.05) is 12.8 Å². The molecule has 0 aromatic heterocycles. The van der Waals surface area contributed by atoms with E-state index in [0.717, 1.165) is 37.8 Å². The summed E-state index contributed by atoms with van der Waals surface area (Å²) in [7, 11) is -2.12. The molecule has 5 nitrogen and oxygen atoms in total. The van der Waals surface area contributed by atoms with Crippen molar-refractivity contribution in [1.29, 1.82) is 0 Å². The number of amides is 1. The van der Waals surface area contributed by atoms with Crippen LogP contribution in [-0.2, 0) is 14.8 Å². The molecule has 7 heteroatoms. The zero-order valence-electron chi connectivity index (χ0n) is 13.1. The van der Waals surface area contributed by atoms with E-state index >= 15 is 0 Å². The van der Waals surface area contributed by atoms with Crippen LogP contribution in [0.15, 0.2) is 29.2 Å². The van der Waals surface area contributed by atoms with Crippen molar-refractivity contribution in [3.05, 3.63) is 30.1 Å². The van der Waals surface area contributed by atoms with E-state index in [0.29, 0.717) is 6.54 Å². The lowest BCUT2D eigenvalue weighted by molar-refractivity contribution is -0.127. The summed E-state index contributed by atoms with van der Waals surface area (Å²) in [5, 5.41) is 2.67. The molecule has 1 N–H and O–H groups in total. The van der Waals surface area contributed by atoms with Crippen LogP contribution in [0.4, 0.5) is 4.39 Å². The molecule has 1 heterocycles. The number of hydrogen-bond acceptors (Lipinski definition) is 3. The summed E-state index contributed by atoms with van der Waals surface area (Å²) in [5.41, 5.74) is -0.257. The Morgan fingerprint density at radius 1 is 1.26 bits per heavy atom. The van der Waals surface area contributed by atoms with Crippen LogP contribution in [0, 0.1) is 17.2 Å². The molecule has 1 saturated heterocycles. The van der Waals surface area contributed by atoms with E-state index in [1.165, 1.54) is 16.4 Å². The molecule has 126 valence electrons. The molecule has 1 atom stereocenters. The Hall–Kier alpha value is -1.47. The van der Waals surface area contributed by atoms with Gasteiger partial charge in [-0.15, -0.1) is 0 Å². The summed E-state index contributed by atoms with van der Waals surface area (Å²) in [6.45, 7) is 0.560. The maximum absolute atomic E-state index is 13.0. The number of sulfonamides is 1. The second-order valence-corrected chi connectivity index (χ2v) is 8.43. The molecule has 0 radical (unpaired) electrons. The van der Waals surface area contributed by atoms with Crippen LogP contribution in [0.1, 0.15) is 25.7 Å². The number of rotatable bonds is 3. The van der Waals surface area contributed by atoms with Crippen molar-refractivity contribution in [3.8, 4) is 0 Å². The van der Waals surface area contributed by atoms with E-state index in [9.17, 15) is 17.6 Å². The number of nitrogens with one attached hydrogen (secondary N) is 1. The number of benzene rings is 1. The van der Waals surface area contributed by atoms with E-state index in [-0.39, 0.29) is 28.7 Å². The number of hydrogen-bond donors (Lipinski definition) is 1. The van der Waals surface area contributed by atoms with Gasteiger partial charge in [0.25, 0.3) is 0 Å². The second kappa shape index (κ2) is 5.87. The third-order valence-electron chi connectivity index (χ3n) is 5.23. The first kappa shape index (κ1) is 16.4. The van der Waals surface area contributed by atoms with Gasteiger partial charge >= 0.3 is 0 Å². The molecule has 2 fully saturated rings. The van der Waals surface area contributed by atoms with Crippen molar-refractivity contribution < 1.29 is 17.6 Å². The minimum atomic E-state index is -3.71. The quantitative estimate of drug-likeness (QED) is 0.912. The van der Waals surface area contributed by atoms with Crippen molar-refractivity contribution in [2.45, 2.75) is 30.6 Å². The van der Waals surface area contributed by atoms with Gasteiger partial charge in [0, 0.05) is 20.1 Å². The Morgan fingerprint density at radius 2 is 1.87 bits per heavy atom. The Labute approximate surface area is 135 Å². The van der Waals surface area contributed by atoms with Gasteiger partial charge in [0.2, 0.25) is 15.9 Å². The SMILES string of the molecule is CNC(=O)C1CN(S(=O)(=O)c2ccc(F)cc2)CC12CCCC2. The molecule has 2 aliphatic rings.